The molecule has 0 aromatic rings. The summed E-state index contributed by atoms with van der Waals surface area (Å²) in [6.07, 6.45) is 0.888. The summed E-state index contributed by atoms with van der Waals surface area (Å²) >= 11 is 0. The second kappa shape index (κ2) is 3.31. The van der Waals surface area contributed by atoms with E-state index in [1.807, 2.05) is 6.07 Å². The molecule has 0 aliphatic heterocycles. The lowest BCUT2D eigenvalue weighted by Crippen LogP contribution is -2.24. The van der Waals surface area contributed by atoms with E-state index in [-0.39, 0.29) is 23.4 Å². The SMILES string of the molecule is [2H]C1=C([2H])[C@]([2H])(C#N)C[C@@H](C(C)(C)C)C1. The molecular formula is C11H17N. The molecule has 2 atom stereocenters. The molecule has 0 bridgehead atoms. The number of rotatable bonds is 0. The smallest absolute Gasteiger partial charge is 0.0697 e. The van der Waals surface area contributed by atoms with E-state index in [0.29, 0.717) is 12.8 Å². The standard InChI is InChI=1S/C11H17N/c1-11(2,3)10-6-4-5-9(7-10)8-12/h4-5,9-10H,6-7H2,1-3H3/t9-,10-/m0/s1/i4D,5D,9D. The fourth-order valence-electron chi connectivity index (χ4n) is 1.34. The Labute approximate surface area is 79.3 Å². The molecule has 1 heteroatoms. The van der Waals surface area contributed by atoms with Crippen molar-refractivity contribution in [2.75, 3.05) is 0 Å². The molecule has 1 rings (SSSR count). The molecule has 0 N–H and O–H groups in total. The van der Waals surface area contributed by atoms with Gasteiger partial charge in [0.1, 0.15) is 0 Å². The maximum absolute atomic E-state index is 8.95. The lowest BCUT2D eigenvalue weighted by Gasteiger charge is -2.33. The van der Waals surface area contributed by atoms with Gasteiger partial charge in [0.2, 0.25) is 0 Å². The van der Waals surface area contributed by atoms with Crippen LogP contribution in [0, 0.1) is 28.6 Å². The van der Waals surface area contributed by atoms with Gasteiger partial charge in [-0.05, 0) is 24.2 Å². The van der Waals surface area contributed by atoms with Gasteiger partial charge in [-0.25, -0.2) is 0 Å². The first-order valence-corrected chi connectivity index (χ1v) is 4.29. The van der Waals surface area contributed by atoms with E-state index in [0.717, 1.165) is 0 Å². The monoisotopic (exact) mass is 166 g/mol. The van der Waals surface area contributed by atoms with Gasteiger partial charge in [-0.1, -0.05) is 32.9 Å². The first-order chi connectivity index (χ1) is 6.70. The average Bonchev–Trinajstić information content (AvgIpc) is 2.12. The molecule has 0 aromatic heterocycles. The lowest BCUT2D eigenvalue weighted by molar-refractivity contribution is 0.211. The zero-order valence-corrected chi connectivity index (χ0v) is 7.94. The van der Waals surface area contributed by atoms with Crippen LogP contribution in [-0.2, 0) is 0 Å². The summed E-state index contributed by atoms with van der Waals surface area (Å²) in [5.41, 5.74) is -0.0177. The normalized spacial score (nSPS) is 41.2. The summed E-state index contributed by atoms with van der Waals surface area (Å²) in [5.74, 6) is -1.37. The molecule has 0 amide bonds. The minimum Gasteiger partial charge on any atom is -0.198 e. The molecule has 66 valence electrons. The summed E-state index contributed by atoms with van der Waals surface area (Å²) in [4.78, 5) is 0. The van der Waals surface area contributed by atoms with E-state index < -0.39 is 5.89 Å². The Hall–Kier alpha value is -0.770. The topological polar surface area (TPSA) is 23.8 Å². The van der Waals surface area contributed by atoms with Gasteiger partial charge < -0.3 is 0 Å². The summed E-state index contributed by atoms with van der Waals surface area (Å²) in [6.45, 7) is 6.16. The number of hydrogen-bond donors (Lipinski definition) is 0. The summed E-state index contributed by atoms with van der Waals surface area (Å²) in [7, 11) is 0. The van der Waals surface area contributed by atoms with Crippen LogP contribution in [0.5, 0.6) is 0 Å². The van der Waals surface area contributed by atoms with E-state index >= 15 is 0 Å². The van der Waals surface area contributed by atoms with Gasteiger partial charge in [-0.15, -0.1) is 0 Å². The maximum Gasteiger partial charge on any atom is 0.0697 e. The highest BCUT2D eigenvalue weighted by Gasteiger charge is 2.27. The van der Waals surface area contributed by atoms with Crippen LogP contribution < -0.4 is 0 Å². The predicted octanol–water partition coefficient (Wildman–Crippen LogP) is 3.14. The van der Waals surface area contributed by atoms with Crippen LogP contribution in [0.25, 0.3) is 0 Å². The van der Waals surface area contributed by atoms with Crippen molar-refractivity contribution in [3.63, 3.8) is 0 Å². The molecule has 0 saturated carbocycles. The maximum atomic E-state index is 8.95. The molecule has 1 nitrogen and oxygen atoms in total. The predicted molar refractivity (Wildman–Crippen MR) is 50.4 cm³/mol. The molecular weight excluding hydrogens is 146 g/mol. The van der Waals surface area contributed by atoms with Gasteiger partial charge >= 0.3 is 0 Å². The minimum absolute atomic E-state index is 0.0177. The van der Waals surface area contributed by atoms with E-state index in [2.05, 4.69) is 20.8 Å². The third kappa shape index (κ3) is 2.11. The summed E-state index contributed by atoms with van der Waals surface area (Å²) in [5, 5.41) is 8.95. The van der Waals surface area contributed by atoms with E-state index in [9.17, 15) is 0 Å². The molecule has 0 heterocycles. The highest BCUT2D eigenvalue weighted by atomic mass is 14.3. The summed E-state index contributed by atoms with van der Waals surface area (Å²) < 4.78 is 23.2. The zero-order chi connectivity index (χ0) is 11.9. The summed E-state index contributed by atoms with van der Waals surface area (Å²) in [6, 6.07) is 1.89. The highest BCUT2D eigenvalue weighted by molar-refractivity contribution is 5.06. The molecule has 0 saturated heterocycles. The van der Waals surface area contributed by atoms with E-state index in [1.54, 1.807) is 0 Å². The zero-order valence-electron chi connectivity index (χ0n) is 10.9. The van der Waals surface area contributed by atoms with Crippen LogP contribution in [0.15, 0.2) is 12.1 Å². The first-order valence-electron chi connectivity index (χ1n) is 5.79. The van der Waals surface area contributed by atoms with Gasteiger partial charge in [0.25, 0.3) is 0 Å². The van der Waals surface area contributed by atoms with E-state index in [1.165, 1.54) is 0 Å². The largest absolute Gasteiger partial charge is 0.198 e. The molecule has 1 aliphatic rings. The van der Waals surface area contributed by atoms with Gasteiger partial charge in [0.05, 0.1) is 16.1 Å². The van der Waals surface area contributed by atoms with Gasteiger partial charge in [-0.2, -0.15) is 5.26 Å². The van der Waals surface area contributed by atoms with Gasteiger partial charge in [-0.3, -0.25) is 0 Å². The van der Waals surface area contributed by atoms with Crippen LogP contribution in [0.4, 0.5) is 0 Å². The Balaban J connectivity index is 3.08. The fraction of sp³-hybridized carbons (Fsp3) is 0.727. The van der Waals surface area contributed by atoms with Gasteiger partial charge in [0.15, 0.2) is 0 Å². The van der Waals surface area contributed by atoms with Crippen molar-refractivity contribution < 1.29 is 4.11 Å². The molecule has 1 aliphatic carbocycles. The highest BCUT2D eigenvalue weighted by Crippen LogP contribution is 2.36. The molecule has 0 unspecified atom stereocenters. The Bertz CT molecular complexity index is 335. The van der Waals surface area contributed by atoms with E-state index in [4.69, 9.17) is 9.37 Å². The molecule has 0 radical (unpaired) electrons. The van der Waals surface area contributed by atoms with Gasteiger partial charge in [0, 0.05) is 0 Å². The van der Waals surface area contributed by atoms with Crippen LogP contribution in [0.3, 0.4) is 0 Å². The average molecular weight is 166 g/mol. The third-order valence-corrected chi connectivity index (χ3v) is 2.40. The van der Waals surface area contributed by atoms with Crippen LogP contribution in [0.1, 0.15) is 37.7 Å². The third-order valence-electron chi connectivity index (χ3n) is 2.40. The Kier molecular flexibility index (Phi) is 1.60. The second-order valence-electron chi connectivity index (χ2n) is 4.36. The number of nitriles is 1. The fourth-order valence-corrected chi connectivity index (χ4v) is 1.34. The first kappa shape index (κ1) is 5.80. The molecule has 0 spiro atoms. The van der Waals surface area contributed by atoms with Crippen molar-refractivity contribution in [3.8, 4) is 6.07 Å². The van der Waals surface area contributed by atoms with Crippen molar-refractivity contribution in [2.24, 2.45) is 17.2 Å². The van der Waals surface area contributed by atoms with Crippen molar-refractivity contribution in [1.29, 1.82) is 5.26 Å². The number of nitrogens with zero attached hydrogens (tertiary/aromatic N) is 1. The van der Waals surface area contributed by atoms with Crippen molar-refractivity contribution in [1.82, 2.24) is 0 Å². The molecule has 12 heavy (non-hydrogen) atoms. The number of allylic oxidation sites excluding steroid dienone is 2. The van der Waals surface area contributed by atoms with Crippen molar-refractivity contribution >= 4 is 0 Å². The Morgan fingerprint density at radius 2 is 2.33 bits per heavy atom. The van der Waals surface area contributed by atoms with Crippen LogP contribution >= 0.6 is 0 Å². The van der Waals surface area contributed by atoms with Crippen LogP contribution in [-0.4, -0.2) is 0 Å². The molecule has 0 aromatic carbocycles. The second-order valence-corrected chi connectivity index (χ2v) is 4.36. The molecule has 0 fully saturated rings. The Morgan fingerprint density at radius 1 is 1.67 bits per heavy atom. The lowest BCUT2D eigenvalue weighted by atomic mass is 9.72. The Morgan fingerprint density at radius 3 is 2.83 bits per heavy atom. The quantitative estimate of drug-likeness (QED) is 0.507. The van der Waals surface area contributed by atoms with Crippen LogP contribution in [0.2, 0.25) is 0 Å². The van der Waals surface area contributed by atoms with Crippen molar-refractivity contribution in [2.45, 2.75) is 33.6 Å². The van der Waals surface area contributed by atoms with Crippen molar-refractivity contribution in [3.05, 3.63) is 12.1 Å². The minimum atomic E-state index is -1.51. The number of hydrogen-bond acceptors (Lipinski definition) is 1.